The molecule has 0 aliphatic carbocycles. The molecule has 2 aromatic rings. The van der Waals surface area contributed by atoms with Crippen LogP contribution in [0.5, 0.6) is 5.75 Å². The van der Waals surface area contributed by atoms with Crippen molar-refractivity contribution in [3.05, 3.63) is 64.7 Å². The average molecular weight is 491 g/mol. The maximum absolute atomic E-state index is 11.7. The van der Waals surface area contributed by atoms with Crippen molar-refractivity contribution in [1.29, 1.82) is 0 Å². The molecule has 0 atom stereocenters. The molecule has 0 saturated carbocycles. The van der Waals surface area contributed by atoms with Gasteiger partial charge in [-0.2, -0.15) is 0 Å². The highest BCUT2D eigenvalue weighted by atomic mass is 79.9. The van der Waals surface area contributed by atoms with Crippen LogP contribution in [0, 0.1) is 0 Å². The van der Waals surface area contributed by atoms with Gasteiger partial charge >= 0.3 is 11.9 Å². The van der Waals surface area contributed by atoms with E-state index in [2.05, 4.69) is 22.0 Å². The first-order valence-corrected chi connectivity index (χ1v) is 11.7. The molecule has 0 saturated heterocycles. The minimum Gasteiger partial charge on any atom is -0.489 e. The van der Waals surface area contributed by atoms with Gasteiger partial charge in [-0.3, -0.25) is 4.79 Å². The lowest BCUT2D eigenvalue weighted by Crippen LogP contribution is -2.07. The first-order chi connectivity index (χ1) is 15.1. The summed E-state index contributed by atoms with van der Waals surface area (Å²) >= 11 is 3.48. The van der Waals surface area contributed by atoms with Gasteiger partial charge in [0.05, 0.1) is 19.8 Å². The van der Waals surface area contributed by atoms with Gasteiger partial charge < -0.3 is 14.2 Å². The summed E-state index contributed by atoms with van der Waals surface area (Å²) in [6, 6.07) is 13.2. The van der Waals surface area contributed by atoms with Crippen LogP contribution in [-0.2, 0) is 33.7 Å². The molecule has 168 valence electrons. The molecule has 0 bridgehead atoms. The smallest absolute Gasteiger partial charge is 0.337 e. The second-order valence-electron chi connectivity index (χ2n) is 7.30. The standard InChI is InChI=1S/C25H31BrO5/c1-29-24(27)16-15-22-20(8-5-3-4-6-17-26)9-7-10-23(22)31-18-19-11-13-21(14-12-19)25(28)30-2/h7,9-14H,3-6,8,15-18H2,1-2H3. The van der Waals surface area contributed by atoms with Gasteiger partial charge in [-0.1, -0.05) is 53.0 Å². The highest BCUT2D eigenvalue weighted by molar-refractivity contribution is 9.09. The SMILES string of the molecule is COC(=O)CCc1c(CCCCCCBr)cccc1OCc1ccc(C(=O)OC)cc1. The lowest BCUT2D eigenvalue weighted by Gasteiger charge is -2.16. The molecule has 0 heterocycles. The van der Waals surface area contributed by atoms with Gasteiger partial charge in [-0.05, 0) is 60.6 Å². The van der Waals surface area contributed by atoms with Gasteiger partial charge in [0.1, 0.15) is 12.4 Å². The number of hydrogen-bond acceptors (Lipinski definition) is 5. The Morgan fingerprint density at radius 2 is 1.61 bits per heavy atom. The lowest BCUT2D eigenvalue weighted by atomic mass is 9.97. The average Bonchev–Trinajstić information content (AvgIpc) is 2.81. The number of carbonyl (C=O) groups is 2. The molecule has 6 heteroatoms. The Morgan fingerprint density at radius 1 is 0.871 bits per heavy atom. The normalized spacial score (nSPS) is 10.5. The number of rotatable bonds is 13. The number of hydrogen-bond donors (Lipinski definition) is 0. The summed E-state index contributed by atoms with van der Waals surface area (Å²) in [4.78, 5) is 23.3. The molecule has 0 radical (unpaired) electrons. The van der Waals surface area contributed by atoms with Crippen LogP contribution in [0.25, 0.3) is 0 Å². The highest BCUT2D eigenvalue weighted by Gasteiger charge is 2.13. The van der Waals surface area contributed by atoms with Crippen molar-refractivity contribution >= 4 is 27.9 Å². The van der Waals surface area contributed by atoms with Crippen molar-refractivity contribution in [1.82, 2.24) is 0 Å². The summed E-state index contributed by atoms with van der Waals surface area (Å²) in [5.74, 6) is 0.205. The number of aryl methyl sites for hydroxylation is 1. The molecule has 5 nitrogen and oxygen atoms in total. The van der Waals surface area contributed by atoms with E-state index in [1.54, 1.807) is 12.1 Å². The number of halogens is 1. The second kappa shape index (κ2) is 13.9. The molecule has 0 N–H and O–H groups in total. The Kier molecular flexibility index (Phi) is 11.1. The Hall–Kier alpha value is -2.34. The fourth-order valence-corrected chi connectivity index (χ4v) is 3.77. The maximum atomic E-state index is 11.7. The van der Waals surface area contributed by atoms with E-state index < -0.39 is 0 Å². The predicted molar refractivity (Wildman–Crippen MR) is 125 cm³/mol. The van der Waals surface area contributed by atoms with E-state index in [0.29, 0.717) is 25.0 Å². The lowest BCUT2D eigenvalue weighted by molar-refractivity contribution is -0.140. The van der Waals surface area contributed by atoms with Crippen LogP contribution in [0.4, 0.5) is 0 Å². The van der Waals surface area contributed by atoms with Crippen LogP contribution in [0.3, 0.4) is 0 Å². The molecule has 0 spiro atoms. The summed E-state index contributed by atoms with van der Waals surface area (Å²) in [6.45, 7) is 0.376. The molecule has 0 unspecified atom stereocenters. The fraction of sp³-hybridized carbons (Fsp3) is 0.440. The number of methoxy groups -OCH3 is 2. The molecule has 2 rings (SSSR count). The zero-order valence-corrected chi connectivity index (χ0v) is 19.9. The van der Waals surface area contributed by atoms with Gasteiger partial charge in [-0.25, -0.2) is 4.79 Å². The molecule has 0 aliphatic rings. The summed E-state index contributed by atoms with van der Waals surface area (Å²) in [7, 11) is 2.78. The van der Waals surface area contributed by atoms with Gasteiger partial charge in [0.15, 0.2) is 0 Å². The molecule has 0 amide bonds. The van der Waals surface area contributed by atoms with Crippen LogP contribution in [0.15, 0.2) is 42.5 Å². The quantitative estimate of drug-likeness (QED) is 0.206. The number of unbranched alkanes of at least 4 members (excludes halogenated alkanes) is 3. The minimum absolute atomic E-state index is 0.225. The Bertz CT molecular complexity index is 832. The van der Waals surface area contributed by atoms with Gasteiger partial charge in [-0.15, -0.1) is 0 Å². The second-order valence-corrected chi connectivity index (χ2v) is 8.09. The molecule has 31 heavy (non-hydrogen) atoms. The van der Waals surface area contributed by atoms with Crippen molar-refractivity contribution in [2.75, 3.05) is 19.5 Å². The summed E-state index contributed by atoms with van der Waals surface area (Å²) < 4.78 is 15.7. The van der Waals surface area contributed by atoms with Gasteiger partial charge in [0.2, 0.25) is 0 Å². The van der Waals surface area contributed by atoms with Gasteiger partial charge in [0, 0.05) is 11.8 Å². The first-order valence-electron chi connectivity index (χ1n) is 10.6. The Morgan fingerprint density at radius 3 is 2.29 bits per heavy atom. The number of ether oxygens (including phenoxy) is 3. The first kappa shape index (κ1) is 24.9. The zero-order chi connectivity index (χ0) is 22.5. The van der Waals surface area contributed by atoms with Crippen LogP contribution < -0.4 is 4.74 Å². The van der Waals surface area contributed by atoms with Crippen molar-refractivity contribution < 1.29 is 23.8 Å². The van der Waals surface area contributed by atoms with E-state index in [1.807, 2.05) is 24.3 Å². The highest BCUT2D eigenvalue weighted by Crippen LogP contribution is 2.27. The Balaban J connectivity index is 2.09. The number of alkyl halides is 1. The van der Waals surface area contributed by atoms with E-state index >= 15 is 0 Å². The van der Waals surface area contributed by atoms with Crippen LogP contribution in [0.2, 0.25) is 0 Å². The third-order valence-electron chi connectivity index (χ3n) is 5.14. The predicted octanol–water partition coefficient (Wildman–Crippen LogP) is 5.66. The van der Waals surface area contributed by atoms with Crippen LogP contribution in [0.1, 0.15) is 59.2 Å². The molecule has 0 aromatic heterocycles. The number of carbonyl (C=O) groups excluding carboxylic acids is 2. The fourth-order valence-electron chi connectivity index (χ4n) is 3.37. The summed E-state index contributed by atoms with van der Waals surface area (Å²) in [5, 5.41) is 1.04. The number of esters is 2. The van der Waals surface area contributed by atoms with Crippen molar-refractivity contribution in [2.45, 2.75) is 51.6 Å². The third kappa shape index (κ3) is 8.37. The van der Waals surface area contributed by atoms with Crippen molar-refractivity contribution in [3.63, 3.8) is 0 Å². The summed E-state index contributed by atoms with van der Waals surface area (Å²) in [5.41, 5.74) is 3.75. The van der Waals surface area contributed by atoms with E-state index in [4.69, 9.17) is 14.2 Å². The minimum atomic E-state index is -0.360. The van der Waals surface area contributed by atoms with Crippen molar-refractivity contribution in [2.24, 2.45) is 0 Å². The molecule has 0 fully saturated rings. The third-order valence-corrected chi connectivity index (χ3v) is 5.70. The van der Waals surface area contributed by atoms with Crippen molar-refractivity contribution in [3.8, 4) is 5.75 Å². The van der Waals surface area contributed by atoms with E-state index in [0.717, 1.165) is 35.0 Å². The van der Waals surface area contributed by atoms with E-state index in [-0.39, 0.29) is 11.9 Å². The molecule has 2 aromatic carbocycles. The largest absolute Gasteiger partial charge is 0.489 e. The van der Waals surface area contributed by atoms with Crippen LogP contribution >= 0.6 is 15.9 Å². The van der Waals surface area contributed by atoms with E-state index in [9.17, 15) is 9.59 Å². The topological polar surface area (TPSA) is 61.8 Å². The molecular weight excluding hydrogens is 460 g/mol. The van der Waals surface area contributed by atoms with E-state index in [1.165, 1.54) is 39.0 Å². The number of benzene rings is 2. The van der Waals surface area contributed by atoms with Gasteiger partial charge in [0.25, 0.3) is 0 Å². The van der Waals surface area contributed by atoms with Crippen LogP contribution in [-0.4, -0.2) is 31.5 Å². The maximum Gasteiger partial charge on any atom is 0.337 e. The molecular formula is C25H31BrO5. The molecule has 0 aliphatic heterocycles. The summed E-state index contributed by atoms with van der Waals surface area (Å²) in [6.07, 6.45) is 6.55. The Labute approximate surface area is 193 Å². The monoisotopic (exact) mass is 490 g/mol. The zero-order valence-electron chi connectivity index (χ0n) is 18.3.